The number of hydrogen-bond acceptors (Lipinski definition) is 4. The highest BCUT2D eigenvalue weighted by molar-refractivity contribution is 5.76. The van der Waals surface area contributed by atoms with Crippen molar-refractivity contribution in [3.63, 3.8) is 0 Å². The lowest BCUT2D eigenvalue weighted by Crippen LogP contribution is -2.41. The molecule has 0 unspecified atom stereocenters. The Balaban J connectivity index is 1.33. The maximum Gasteiger partial charge on any atom is 0.336 e. The van der Waals surface area contributed by atoms with Crippen molar-refractivity contribution in [1.82, 2.24) is 19.8 Å². The average molecular weight is 423 g/mol. The SMILES string of the molecule is O=C(CC1CCCCC1)N1CCC(CCCNC(=O)n2cc(F)c(=O)[nH]c2=O)CC1. The molecular formula is C21H31FN4O4. The molecule has 2 aliphatic rings. The normalized spacial score (nSPS) is 18.4. The number of rotatable bonds is 6. The molecule has 8 nitrogen and oxygen atoms in total. The molecule has 0 atom stereocenters. The van der Waals surface area contributed by atoms with Crippen LogP contribution in [-0.4, -0.2) is 46.0 Å². The van der Waals surface area contributed by atoms with Crippen molar-refractivity contribution < 1.29 is 14.0 Å². The monoisotopic (exact) mass is 422 g/mol. The quantitative estimate of drug-likeness (QED) is 0.686. The van der Waals surface area contributed by atoms with E-state index in [1.54, 1.807) is 4.98 Å². The smallest absolute Gasteiger partial charge is 0.336 e. The highest BCUT2D eigenvalue weighted by Crippen LogP contribution is 2.28. The van der Waals surface area contributed by atoms with Gasteiger partial charge in [0.05, 0.1) is 6.20 Å². The number of nitrogens with zero attached hydrogens (tertiary/aromatic N) is 2. The molecule has 166 valence electrons. The van der Waals surface area contributed by atoms with Gasteiger partial charge in [-0.2, -0.15) is 4.39 Å². The largest absolute Gasteiger partial charge is 0.343 e. The van der Waals surface area contributed by atoms with Gasteiger partial charge in [-0.05, 0) is 50.4 Å². The molecule has 2 fully saturated rings. The lowest BCUT2D eigenvalue weighted by Gasteiger charge is -2.33. The topological polar surface area (TPSA) is 104 Å². The fraction of sp³-hybridized carbons (Fsp3) is 0.714. The van der Waals surface area contributed by atoms with Crippen molar-refractivity contribution in [2.75, 3.05) is 19.6 Å². The van der Waals surface area contributed by atoms with E-state index in [1.165, 1.54) is 32.1 Å². The van der Waals surface area contributed by atoms with Gasteiger partial charge in [0.1, 0.15) is 0 Å². The zero-order valence-corrected chi connectivity index (χ0v) is 17.3. The van der Waals surface area contributed by atoms with Crippen LogP contribution in [-0.2, 0) is 4.79 Å². The van der Waals surface area contributed by atoms with E-state index >= 15 is 0 Å². The van der Waals surface area contributed by atoms with Gasteiger partial charge in [0, 0.05) is 26.1 Å². The predicted molar refractivity (Wildman–Crippen MR) is 110 cm³/mol. The van der Waals surface area contributed by atoms with Gasteiger partial charge in [-0.25, -0.2) is 14.2 Å². The molecular weight excluding hydrogens is 391 g/mol. The lowest BCUT2D eigenvalue weighted by atomic mass is 9.86. The zero-order chi connectivity index (χ0) is 21.5. The summed E-state index contributed by atoms with van der Waals surface area (Å²) in [6, 6.07) is -0.765. The van der Waals surface area contributed by atoms with Crippen LogP contribution in [0.2, 0.25) is 0 Å². The number of carbonyl (C=O) groups excluding carboxylic acids is 2. The van der Waals surface area contributed by atoms with Gasteiger partial charge in [-0.15, -0.1) is 0 Å². The minimum Gasteiger partial charge on any atom is -0.343 e. The van der Waals surface area contributed by atoms with Crippen LogP contribution in [0.15, 0.2) is 15.8 Å². The summed E-state index contributed by atoms with van der Waals surface area (Å²) in [6.45, 7) is 1.95. The summed E-state index contributed by atoms with van der Waals surface area (Å²) in [7, 11) is 0. The first-order valence-corrected chi connectivity index (χ1v) is 11.0. The number of hydrogen-bond donors (Lipinski definition) is 2. The Labute approximate surface area is 174 Å². The number of likely N-dealkylation sites (tertiary alicyclic amines) is 1. The van der Waals surface area contributed by atoms with Crippen LogP contribution < -0.4 is 16.6 Å². The van der Waals surface area contributed by atoms with Crippen LogP contribution in [0.4, 0.5) is 9.18 Å². The number of halogens is 1. The number of nitrogens with one attached hydrogen (secondary N) is 2. The summed E-state index contributed by atoms with van der Waals surface area (Å²) in [6.07, 6.45) is 11.0. The Bertz CT molecular complexity index is 851. The van der Waals surface area contributed by atoms with Gasteiger partial charge in [0.2, 0.25) is 11.7 Å². The molecule has 2 amide bonds. The number of piperidine rings is 1. The van der Waals surface area contributed by atoms with Gasteiger partial charge in [-0.1, -0.05) is 19.3 Å². The summed E-state index contributed by atoms with van der Waals surface area (Å²) < 4.78 is 13.8. The molecule has 1 aromatic heterocycles. The van der Waals surface area contributed by atoms with Crippen LogP contribution in [0.3, 0.4) is 0 Å². The fourth-order valence-corrected chi connectivity index (χ4v) is 4.51. The van der Waals surface area contributed by atoms with Gasteiger partial charge < -0.3 is 10.2 Å². The van der Waals surface area contributed by atoms with Crippen LogP contribution in [0, 0.1) is 17.7 Å². The summed E-state index contributed by atoms with van der Waals surface area (Å²) >= 11 is 0. The number of H-pyrrole nitrogens is 1. The second kappa shape index (κ2) is 10.5. The molecule has 1 aromatic rings. The minimum absolute atomic E-state index is 0.297. The van der Waals surface area contributed by atoms with Gasteiger partial charge in [0.15, 0.2) is 0 Å². The lowest BCUT2D eigenvalue weighted by molar-refractivity contribution is -0.133. The molecule has 2 N–H and O–H groups in total. The van der Waals surface area contributed by atoms with Crippen LogP contribution in [0.1, 0.15) is 64.2 Å². The Morgan fingerprint density at radius 1 is 1.07 bits per heavy atom. The van der Waals surface area contributed by atoms with E-state index in [-0.39, 0.29) is 0 Å². The summed E-state index contributed by atoms with van der Waals surface area (Å²) in [4.78, 5) is 50.8. The summed E-state index contributed by atoms with van der Waals surface area (Å²) in [5.41, 5.74) is -2.11. The highest BCUT2D eigenvalue weighted by Gasteiger charge is 2.25. The fourth-order valence-electron chi connectivity index (χ4n) is 4.51. The second-order valence-electron chi connectivity index (χ2n) is 8.51. The molecule has 0 spiro atoms. The number of carbonyl (C=O) groups is 2. The van der Waals surface area contributed by atoms with Crippen molar-refractivity contribution in [2.45, 2.75) is 64.2 Å². The van der Waals surface area contributed by atoms with Crippen LogP contribution in [0.25, 0.3) is 0 Å². The first-order valence-electron chi connectivity index (χ1n) is 11.0. The van der Waals surface area contributed by atoms with E-state index < -0.39 is 23.1 Å². The summed E-state index contributed by atoms with van der Waals surface area (Å²) in [5.74, 6) is 0.186. The Hall–Kier alpha value is -2.45. The Morgan fingerprint density at radius 2 is 1.77 bits per heavy atom. The van der Waals surface area contributed by atoms with E-state index in [4.69, 9.17) is 0 Å². The average Bonchev–Trinajstić information content (AvgIpc) is 2.74. The molecule has 0 aromatic carbocycles. The standard InChI is InChI=1S/C21H31FN4O4/c22-17-14-26(21(30)24-19(17)28)20(29)23-10-4-7-15-8-11-25(12-9-15)18(27)13-16-5-2-1-3-6-16/h14-16H,1-13H2,(H,23,29)(H,24,28,30). The van der Waals surface area contributed by atoms with Gasteiger partial charge in [-0.3, -0.25) is 14.6 Å². The van der Waals surface area contributed by atoms with Crippen molar-refractivity contribution in [1.29, 1.82) is 0 Å². The molecule has 30 heavy (non-hydrogen) atoms. The van der Waals surface area contributed by atoms with Crippen LogP contribution in [0.5, 0.6) is 0 Å². The van der Waals surface area contributed by atoms with E-state index in [1.807, 2.05) is 4.90 Å². The molecule has 1 saturated carbocycles. The zero-order valence-electron chi connectivity index (χ0n) is 17.3. The highest BCUT2D eigenvalue weighted by atomic mass is 19.1. The molecule has 0 bridgehead atoms. The molecule has 1 saturated heterocycles. The van der Waals surface area contributed by atoms with Gasteiger partial charge >= 0.3 is 11.7 Å². The van der Waals surface area contributed by atoms with Crippen molar-refractivity contribution in [2.24, 2.45) is 11.8 Å². The maximum atomic E-state index is 13.3. The summed E-state index contributed by atoms with van der Waals surface area (Å²) in [5, 5.41) is 2.57. The Morgan fingerprint density at radius 3 is 2.47 bits per heavy atom. The van der Waals surface area contributed by atoms with Crippen LogP contribution >= 0.6 is 0 Å². The third-order valence-corrected chi connectivity index (χ3v) is 6.34. The number of amides is 2. The molecule has 9 heteroatoms. The van der Waals surface area contributed by atoms with E-state index in [0.29, 0.717) is 41.5 Å². The second-order valence-corrected chi connectivity index (χ2v) is 8.51. The number of aromatic nitrogens is 2. The molecule has 1 aliphatic heterocycles. The third-order valence-electron chi connectivity index (χ3n) is 6.34. The van der Waals surface area contributed by atoms with E-state index in [0.717, 1.165) is 38.8 Å². The number of aromatic amines is 1. The van der Waals surface area contributed by atoms with E-state index in [9.17, 15) is 23.6 Å². The van der Waals surface area contributed by atoms with E-state index in [2.05, 4.69) is 5.32 Å². The van der Waals surface area contributed by atoms with Crippen molar-refractivity contribution in [3.05, 3.63) is 32.9 Å². The molecule has 2 heterocycles. The third kappa shape index (κ3) is 6.03. The van der Waals surface area contributed by atoms with Crippen molar-refractivity contribution in [3.8, 4) is 0 Å². The minimum atomic E-state index is -1.19. The first-order chi connectivity index (χ1) is 14.4. The van der Waals surface area contributed by atoms with Crippen molar-refractivity contribution >= 4 is 11.9 Å². The first kappa shape index (κ1) is 22.2. The molecule has 0 radical (unpaired) electrons. The Kier molecular flexibility index (Phi) is 7.81. The predicted octanol–water partition coefficient (Wildman–Crippen LogP) is 2.22. The van der Waals surface area contributed by atoms with Gasteiger partial charge in [0.25, 0.3) is 5.56 Å². The molecule has 3 rings (SSSR count). The molecule has 1 aliphatic carbocycles. The maximum absolute atomic E-state index is 13.3.